The fourth-order valence-corrected chi connectivity index (χ4v) is 2.27. The maximum absolute atomic E-state index is 8.88. The Morgan fingerprint density at radius 1 is 1.09 bits per heavy atom. The number of nitriles is 2. The van der Waals surface area contributed by atoms with Crippen LogP contribution in [0.2, 0.25) is 0 Å². The Hall–Kier alpha value is -2.82. The maximum Gasteiger partial charge on any atom is 0.130 e. The second-order valence-electron chi connectivity index (χ2n) is 4.59. The van der Waals surface area contributed by atoms with Crippen molar-refractivity contribution >= 4 is 28.1 Å². The van der Waals surface area contributed by atoms with Gasteiger partial charge in [0, 0.05) is 10.0 Å². The summed E-state index contributed by atoms with van der Waals surface area (Å²) in [5.74, 6) is 0.619. The van der Waals surface area contributed by atoms with Gasteiger partial charge in [0.05, 0.1) is 0 Å². The van der Waals surface area contributed by atoms with Crippen molar-refractivity contribution in [2.24, 2.45) is 0 Å². The summed E-state index contributed by atoms with van der Waals surface area (Å²) < 4.78 is 6.59. The van der Waals surface area contributed by atoms with Crippen LogP contribution in [-0.4, -0.2) is 6.61 Å². The zero-order valence-electron chi connectivity index (χ0n) is 12.2. The molecule has 0 fully saturated rings. The summed E-state index contributed by atoms with van der Waals surface area (Å²) >= 11 is 3.38. The van der Waals surface area contributed by atoms with Crippen molar-refractivity contribution in [2.45, 2.75) is 0 Å². The summed E-state index contributed by atoms with van der Waals surface area (Å²) in [4.78, 5) is 0. The molecule has 0 amide bonds. The molecule has 23 heavy (non-hydrogen) atoms. The number of benzene rings is 2. The van der Waals surface area contributed by atoms with Crippen LogP contribution >= 0.6 is 15.9 Å². The summed E-state index contributed by atoms with van der Waals surface area (Å²) in [7, 11) is 0. The third-order valence-electron chi connectivity index (χ3n) is 2.96. The van der Waals surface area contributed by atoms with Crippen molar-refractivity contribution in [2.75, 3.05) is 6.61 Å². The van der Waals surface area contributed by atoms with Crippen LogP contribution < -0.4 is 4.74 Å². The van der Waals surface area contributed by atoms with Gasteiger partial charge in [-0.05, 0) is 35.9 Å². The van der Waals surface area contributed by atoms with Gasteiger partial charge in [0.25, 0.3) is 0 Å². The monoisotopic (exact) mass is 364 g/mol. The second kappa shape index (κ2) is 8.58. The first-order chi connectivity index (χ1) is 11.2. The van der Waals surface area contributed by atoms with Gasteiger partial charge in [0.15, 0.2) is 0 Å². The fourth-order valence-electron chi connectivity index (χ4n) is 1.89. The zero-order valence-corrected chi connectivity index (χ0v) is 13.8. The van der Waals surface area contributed by atoms with Crippen molar-refractivity contribution in [3.8, 4) is 17.9 Å². The first-order valence-electron chi connectivity index (χ1n) is 6.89. The van der Waals surface area contributed by atoms with Gasteiger partial charge in [-0.2, -0.15) is 10.5 Å². The molecule has 0 bridgehead atoms. The minimum atomic E-state index is 0.0350. The van der Waals surface area contributed by atoms with Crippen molar-refractivity contribution < 1.29 is 4.74 Å². The van der Waals surface area contributed by atoms with E-state index < -0.39 is 0 Å². The number of allylic oxidation sites excluding steroid dienone is 1. The van der Waals surface area contributed by atoms with E-state index in [1.54, 1.807) is 6.07 Å². The average molecular weight is 365 g/mol. The third kappa shape index (κ3) is 5.14. The largest absolute Gasteiger partial charge is 0.489 e. The lowest BCUT2D eigenvalue weighted by Gasteiger charge is -2.08. The van der Waals surface area contributed by atoms with E-state index in [9.17, 15) is 0 Å². The summed E-state index contributed by atoms with van der Waals surface area (Å²) in [5.41, 5.74) is 1.82. The molecule has 0 aliphatic carbocycles. The van der Waals surface area contributed by atoms with Crippen molar-refractivity contribution in [3.05, 3.63) is 75.8 Å². The van der Waals surface area contributed by atoms with Gasteiger partial charge in [0.2, 0.25) is 0 Å². The molecule has 4 heteroatoms. The van der Waals surface area contributed by atoms with Crippen LogP contribution in [0.3, 0.4) is 0 Å². The molecule has 2 aromatic rings. The van der Waals surface area contributed by atoms with Crippen LogP contribution in [0.25, 0.3) is 12.2 Å². The van der Waals surface area contributed by atoms with E-state index >= 15 is 0 Å². The molecule has 0 N–H and O–H groups in total. The molecule has 112 valence electrons. The summed E-state index contributed by atoms with van der Waals surface area (Å²) in [6, 6.07) is 19.1. The van der Waals surface area contributed by atoms with Crippen molar-refractivity contribution in [3.63, 3.8) is 0 Å². The molecular weight excluding hydrogens is 352 g/mol. The average Bonchev–Trinajstić information content (AvgIpc) is 2.59. The van der Waals surface area contributed by atoms with Crippen molar-refractivity contribution in [1.82, 2.24) is 0 Å². The maximum atomic E-state index is 8.88. The standard InChI is InChI=1S/C19H13BrN2O/c20-18-8-9-19(17(12-18)11-16(13-21)14-22)23-10-4-7-15-5-2-1-3-6-15/h1-9,11-12H,10H2. The van der Waals surface area contributed by atoms with Gasteiger partial charge < -0.3 is 4.74 Å². The minimum absolute atomic E-state index is 0.0350. The second-order valence-corrected chi connectivity index (χ2v) is 5.50. The summed E-state index contributed by atoms with van der Waals surface area (Å²) in [6.45, 7) is 0.395. The Balaban J connectivity index is 2.11. The van der Waals surface area contributed by atoms with E-state index in [-0.39, 0.29) is 5.57 Å². The zero-order chi connectivity index (χ0) is 16.5. The van der Waals surface area contributed by atoms with Crippen LogP contribution in [0.5, 0.6) is 5.75 Å². The first kappa shape index (κ1) is 16.5. The quantitative estimate of drug-likeness (QED) is 0.703. The highest BCUT2D eigenvalue weighted by atomic mass is 79.9. The Bertz CT molecular complexity index is 795. The van der Waals surface area contributed by atoms with Gasteiger partial charge in [-0.25, -0.2) is 0 Å². The third-order valence-corrected chi connectivity index (χ3v) is 3.45. The lowest BCUT2D eigenvalue weighted by Crippen LogP contribution is -1.95. The van der Waals surface area contributed by atoms with E-state index in [0.717, 1.165) is 10.0 Å². The Labute approximate surface area is 143 Å². The Morgan fingerprint density at radius 2 is 1.83 bits per heavy atom. The Morgan fingerprint density at radius 3 is 2.52 bits per heavy atom. The highest BCUT2D eigenvalue weighted by Gasteiger charge is 2.04. The number of hydrogen-bond acceptors (Lipinski definition) is 3. The number of rotatable bonds is 5. The molecule has 0 spiro atoms. The Kier molecular flexibility index (Phi) is 6.17. The summed E-state index contributed by atoms with van der Waals surface area (Å²) in [6.07, 6.45) is 5.41. The molecule has 0 unspecified atom stereocenters. The normalized spacial score (nSPS) is 9.87. The molecular formula is C19H13BrN2O. The van der Waals surface area contributed by atoms with Crippen molar-refractivity contribution in [1.29, 1.82) is 10.5 Å². The van der Waals surface area contributed by atoms with Crippen LogP contribution in [0.4, 0.5) is 0 Å². The van der Waals surface area contributed by atoms with Crippen LogP contribution in [0.1, 0.15) is 11.1 Å². The van der Waals surface area contributed by atoms with Gasteiger partial charge >= 0.3 is 0 Å². The molecule has 0 radical (unpaired) electrons. The van der Waals surface area contributed by atoms with Gasteiger partial charge in [0.1, 0.15) is 30.1 Å². The van der Waals surface area contributed by atoms with E-state index in [1.165, 1.54) is 6.08 Å². The molecule has 0 aromatic heterocycles. The molecule has 0 saturated heterocycles. The summed E-state index contributed by atoms with van der Waals surface area (Å²) in [5, 5.41) is 17.8. The topological polar surface area (TPSA) is 56.8 Å². The van der Waals surface area contributed by atoms with E-state index in [4.69, 9.17) is 15.3 Å². The number of halogens is 1. The van der Waals surface area contributed by atoms with E-state index in [0.29, 0.717) is 17.9 Å². The SMILES string of the molecule is N#CC(C#N)=Cc1cc(Br)ccc1OCC=Cc1ccccc1. The molecule has 0 atom stereocenters. The molecule has 2 aromatic carbocycles. The molecule has 3 nitrogen and oxygen atoms in total. The number of ether oxygens (including phenoxy) is 1. The first-order valence-corrected chi connectivity index (χ1v) is 7.68. The predicted molar refractivity (Wildman–Crippen MR) is 94.3 cm³/mol. The lowest BCUT2D eigenvalue weighted by molar-refractivity contribution is 0.363. The van der Waals surface area contributed by atoms with Crippen LogP contribution in [0, 0.1) is 22.7 Å². The molecule has 2 rings (SSSR count). The highest BCUT2D eigenvalue weighted by Crippen LogP contribution is 2.25. The predicted octanol–water partition coefficient (Wildman–Crippen LogP) is 4.97. The van der Waals surface area contributed by atoms with Gasteiger partial charge in [-0.1, -0.05) is 52.3 Å². The highest BCUT2D eigenvalue weighted by molar-refractivity contribution is 9.10. The van der Waals surface area contributed by atoms with E-state index in [1.807, 2.05) is 66.8 Å². The minimum Gasteiger partial charge on any atom is -0.489 e. The molecule has 0 heterocycles. The van der Waals surface area contributed by atoms with Crippen LogP contribution in [0.15, 0.2) is 64.7 Å². The van der Waals surface area contributed by atoms with Crippen LogP contribution in [-0.2, 0) is 0 Å². The number of nitrogens with zero attached hydrogens (tertiary/aromatic N) is 2. The van der Waals surface area contributed by atoms with E-state index in [2.05, 4.69) is 15.9 Å². The smallest absolute Gasteiger partial charge is 0.130 e. The van der Waals surface area contributed by atoms with Gasteiger partial charge in [-0.15, -0.1) is 0 Å². The fraction of sp³-hybridized carbons (Fsp3) is 0.0526. The van der Waals surface area contributed by atoms with Gasteiger partial charge in [-0.3, -0.25) is 0 Å². The number of hydrogen-bond donors (Lipinski definition) is 0. The lowest BCUT2D eigenvalue weighted by atomic mass is 10.1. The molecule has 0 aliphatic rings. The molecule has 0 aliphatic heterocycles. The molecule has 0 saturated carbocycles.